The first kappa shape index (κ1) is 27.9. The van der Waals surface area contributed by atoms with E-state index < -0.39 is 66.6 Å². The zero-order chi connectivity index (χ0) is 29.4. The van der Waals surface area contributed by atoms with E-state index in [1.54, 1.807) is 6.07 Å². The summed E-state index contributed by atoms with van der Waals surface area (Å²) in [6, 6.07) is 10.5. The van der Waals surface area contributed by atoms with E-state index in [1.165, 1.54) is 36.5 Å². The summed E-state index contributed by atoms with van der Waals surface area (Å²) >= 11 is 6.50. The molecule has 1 unspecified atom stereocenters. The molecule has 210 valence electrons. The predicted molar refractivity (Wildman–Crippen MR) is 139 cm³/mol. The van der Waals surface area contributed by atoms with Gasteiger partial charge in [0, 0.05) is 36.2 Å². The Hall–Kier alpha value is -4.70. The number of carbonyl (C=O) groups is 3. The van der Waals surface area contributed by atoms with E-state index >= 15 is 0 Å². The average Bonchev–Trinajstić information content (AvgIpc) is 3.26. The van der Waals surface area contributed by atoms with Gasteiger partial charge in [-0.2, -0.15) is 5.26 Å². The van der Waals surface area contributed by atoms with E-state index in [1.807, 2.05) is 6.07 Å². The number of rotatable bonds is 7. The fourth-order valence-corrected chi connectivity index (χ4v) is 5.22. The van der Waals surface area contributed by atoms with E-state index in [-0.39, 0.29) is 27.7 Å². The third kappa shape index (κ3) is 5.26. The van der Waals surface area contributed by atoms with Gasteiger partial charge in [0.1, 0.15) is 24.2 Å². The summed E-state index contributed by atoms with van der Waals surface area (Å²) in [6.45, 7) is -0.719. The first-order chi connectivity index (χ1) is 19.5. The normalized spacial score (nSPS) is 20.4. The fourth-order valence-electron chi connectivity index (χ4n) is 4.97. The standard InChI is InChI=1S/C27H20ClF3N6O4/c28-20-4-2-1-3-19(20)22(23(38)35-18-9-26(30,31)10-18)27(24(39)36-17-8-16(29)12-33-13-17)14-41-25(40)37(27)21-7-15(11-32)5-6-34-21/h1-8,12-13,18,22H,9-10,14H2,(H,35,38)(H,36,39)/t22-,27?/m1/s1. The first-order valence-electron chi connectivity index (χ1n) is 12.2. The molecular weight excluding hydrogens is 565 g/mol. The van der Waals surface area contributed by atoms with Gasteiger partial charge in [-0.1, -0.05) is 29.8 Å². The summed E-state index contributed by atoms with van der Waals surface area (Å²) in [7, 11) is 0. The Labute approximate surface area is 236 Å². The predicted octanol–water partition coefficient (Wildman–Crippen LogP) is 4.17. The molecule has 1 aliphatic heterocycles. The summed E-state index contributed by atoms with van der Waals surface area (Å²) in [6.07, 6.45) is 0.956. The summed E-state index contributed by atoms with van der Waals surface area (Å²) in [5.74, 6) is -7.51. The van der Waals surface area contributed by atoms with E-state index in [0.29, 0.717) is 0 Å². The molecule has 1 saturated heterocycles. The Morgan fingerprint density at radius 2 is 1.95 bits per heavy atom. The van der Waals surface area contributed by atoms with Gasteiger partial charge in [-0.3, -0.25) is 14.6 Å². The number of nitrogens with zero attached hydrogens (tertiary/aromatic N) is 4. The molecule has 2 atom stereocenters. The highest BCUT2D eigenvalue weighted by Gasteiger charge is 2.63. The molecule has 5 rings (SSSR count). The molecule has 0 radical (unpaired) electrons. The van der Waals surface area contributed by atoms with Crippen molar-refractivity contribution in [1.29, 1.82) is 5.26 Å². The van der Waals surface area contributed by atoms with Crippen LogP contribution in [0.4, 0.5) is 29.5 Å². The molecule has 0 spiro atoms. The van der Waals surface area contributed by atoms with E-state index in [2.05, 4.69) is 20.6 Å². The first-order valence-corrected chi connectivity index (χ1v) is 12.6. The van der Waals surface area contributed by atoms with Crippen LogP contribution in [0, 0.1) is 17.1 Å². The number of ether oxygens (including phenoxy) is 1. The summed E-state index contributed by atoms with van der Waals surface area (Å²) in [5.41, 5.74) is -2.24. The number of alkyl halides is 2. The van der Waals surface area contributed by atoms with Gasteiger partial charge in [-0.25, -0.2) is 27.8 Å². The van der Waals surface area contributed by atoms with Crippen molar-refractivity contribution in [3.8, 4) is 6.07 Å². The van der Waals surface area contributed by atoms with Crippen LogP contribution in [0.25, 0.3) is 0 Å². The maximum atomic E-state index is 14.3. The number of pyridine rings is 2. The molecule has 3 aromatic rings. The van der Waals surface area contributed by atoms with Crippen molar-refractivity contribution >= 4 is 41.0 Å². The zero-order valence-corrected chi connectivity index (χ0v) is 21.7. The average molecular weight is 585 g/mol. The second-order valence-electron chi connectivity index (χ2n) is 9.60. The Morgan fingerprint density at radius 1 is 1.20 bits per heavy atom. The zero-order valence-electron chi connectivity index (χ0n) is 21.0. The van der Waals surface area contributed by atoms with Gasteiger partial charge >= 0.3 is 6.09 Å². The van der Waals surface area contributed by atoms with Gasteiger partial charge < -0.3 is 15.4 Å². The maximum absolute atomic E-state index is 14.3. The minimum absolute atomic E-state index is 0.0317. The Bertz CT molecular complexity index is 1580. The lowest BCUT2D eigenvalue weighted by atomic mass is 9.76. The second-order valence-corrected chi connectivity index (χ2v) is 10.0. The third-order valence-corrected chi connectivity index (χ3v) is 7.19. The van der Waals surface area contributed by atoms with Crippen molar-refractivity contribution in [3.63, 3.8) is 0 Å². The van der Waals surface area contributed by atoms with Gasteiger partial charge in [-0.15, -0.1) is 0 Å². The van der Waals surface area contributed by atoms with Crippen LogP contribution < -0.4 is 15.5 Å². The lowest BCUT2D eigenvalue weighted by Gasteiger charge is -2.41. The molecule has 2 N–H and O–H groups in total. The maximum Gasteiger partial charge on any atom is 0.416 e. The highest BCUT2D eigenvalue weighted by atomic mass is 35.5. The van der Waals surface area contributed by atoms with Crippen LogP contribution in [-0.2, 0) is 14.3 Å². The van der Waals surface area contributed by atoms with Crippen LogP contribution in [0.15, 0.2) is 61.1 Å². The number of anilines is 2. The minimum Gasteiger partial charge on any atom is -0.446 e. The van der Waals surface area contributed by atoms with Crippen molar-refractivity contribution in [2.24, 2.45) is 0 Å². The van der Waals surface area contributed by atoms with Gasteiger partial charge in [0.2, 0.25) is 5.91 Å². The fraction of sp³-hybridized carbons (Fsp3) is 0.259. The quantitative estimate of drug-likeness (QED) is 0.425. The summed E-state index contributed by atoms with van der Waals surface area (Å²) in [5, 5.41) is 14.5. The molecule has 41 heavy (non-hydrogen) atoms. The molecule has 10 nitrogen and oxygen atoms in total. The minimum atomic E-state index is -2.96. The van der Waals surface area contributed by atoms with Crippen LogP contribution in [0.2, 0.25) is 5.02 Å². The molecule has 1 saturated carbocycles. The van der Waals surface area contributed by atoms with E-state index in [9.17, 15) is 32.8 Å². The molecule has 1 aliphatic carbocycles. The smallest absolute Gasteiger partial charge is 0.416 e. The van der Waals surface area contributed by atoms with E-state index in [4.69, 9.17) is 16.3 Å². The number of hydrogen-bond donors (Lipinski definition) is 2. The number of nitrogens with one attached hydrogen (secondary N) is 2. The third-order valence-electron chi connectivity index (χ3n) is 6.85. The lowest BCUT2D eigenvalue weighted by Crippen LogP contribution is -2.64. The lowest BCUT2D eigenvalue weighted by molar-refractivity contribution is -0.135. The number of carbonyl (C=O) groups excluding carboxylic acids is 3. The Kier molecular flexibility index (Phi) is 7.27. The number of nitriles is 1. The van der Waals surface area contributed by atoms with Crippen LogP contribution in [0.1, 0.15) is 29.9 Å². The van der Waals surface area contributed by atoms with E-state index in [0.717, 1.165) is 23.4 Å². The van der Waals surface area contributed by atoms with Crippen molar-refractivity contribution in [2.45, 2.75) is 36.3 Å². The number of benzene rings is 1. The second kappa shape index (κ2) is 10.7. The monoisotopic (exact) mass is 584 g/mol. The highest BCUT2D eigenvalue weighted by molar-refractivity contribution is 6.32. The topological polar surface area (TPSA) is 137 Å². The summed E-state index contributed by atoms with van der Waals surface area (Å²) in [4.78, 5) is 50.2. The number of aromatic nitrogens is 2. The molecule has 2 aliphatic rings. The van der Waals surface area contributed by atoms with Gasteiger partial charge in [0.05, 0.1) is 29.7 Å². The van der Waals surface area contributed by atoms with Crippen molar-refractivity contribution < 1.29 is 32.3 Å². The Morgan fingerprint density at radius 3 is 2.63 bits per heavy atom. The molecule has 14 heteroatoms. The Balaban J connectivity index is 1.69. The highest BCUT2D eigenvalue weighted by Crippen LogP contribution is 2.45. The molecular formula is C27H20ClF3N6O4. The van der Waals surface area contributed by atoms with Crippen molar-refractivity contribution in [2.75, 3.05) is 16.8 Å². The SMILES string of the molecule is N#Cc1ccnc(N2C(=O)OCC2(C(=O)Nc2cncc(F)c2)[C@@H](C(=O)NC2CC(F)(F)C2)c2ccccc2Cl)c1. The van der Waals surface area contributed by atoms with Crippen LogP contribution in [0.5, 0.6) is 0 Å². The summed E-state index contributed by atoms with van der Waals surface area (Å²) < 4.78 is 46.5. The van der Waals surface area contributed by atoms with Crippen LogP contribution in [0.3, 0.4) is 0 Å². The molecule has 3 heterocycles. The molecule has 2 fully saturated rings. The van der Waals surface area contributed by atoms with Crippen LogP contribution in [-0.4, -0.2) is 52.0 Å². The number of hydrogen-bond acceptors (Lipinski definition) is 7. The molecule has 0 bridgehead atoms. The molecule has 1 aromatic carbocycles. The number of halogens is 4. The van der Waals surface area contributed by atoms with Crippen LogP contribution >= 0.6 is 11.6 Å². The largest absolute Gasteiger partial charge is 0.446 e. The van der Waals surface area contributed by atoms with Gasteiger partial charge in [-0.05, 0) is 23.8 Å². The number of amides is 3. The molecule has 2 aromatic heterocycles. The molecule has 3 amide bonds. The van der Waals surface area contributed by atoms with Crippen molar-refractivity contribution in [1.82, 2.24) is 15.3 Å². The number of cyclic esters (lactones) is 1. The van der Waals surface area contributed by atoms with Gasteiger partial charge in [0.15, 0.2) is 5.54 Å². The van der Waals surface area contributed by atoms with Gasteiger partial charge in [0.25, 0.3) is 11.8 Å². The van der Waals surface area contributed by atoms with Crippen molar-refractivity contribution in [3.05, 3.63) is 83.0 Å².